The van der Waals surface area contributed by atoms with E-state index in [0.717, 1.165) is 16.9 Å². The second-order valence-corrected chi connectivity index (χ2v) is 7.02. The summed E-state index contributed by atoms with van der Waals surface area (Å²) in [5.74, 6) is 0.925. The number of thiazole rings is 1. The molecule has 1 aromatic rings. The van der Waals surface area contributed by atoms with Gasteiger partial charge >= 0.3 is 0 Å². The topological polar surface area (TPSA) is 38.9 Å². The van der Waals surface area contributed by atoms with E-state index in [-0.39, 0.29) is 0 Å². The van der Waals surface area contributed by atoms with E-state index in [1.807, 2.05) is 11.8 Å². The molecule has 2 rings (SSSR count). The Hall–Kier alpha value is -0.220. The molecule has 0 unspecified atom stereocenters. The van der Waals surface area contributed by atoms with Crippen molar-refractivity contribution in [3.8, 4) is 0 Å². The van der Waals surface area contributed by atoms with Crippen molar-refractivity contribution in [3.63, 3.8) is 0 Å². The molecule has 2 nitrogen and oxygen atoms in total. The Labute approximate surface area is 99.7 Å². The van der Waals surface area contributed by atoms with Gasteiger partial charge in [0.2, 0.25) is 0 Å². The van der Waals surface area contributed by atoms with Gasteiger partial charge in [0.05, 0.1) is 9.90 Å². The summed E-state index contributed by atoms with van der Waals surface area (Å²) >= 11 is 3.63. The molecule has 1 saturated carbocycles. The molecule has 0 amide bonds. The second-order valence-electron chi connectivity index (χ2n) is 4.42. The van der Waals surface area contributed by atoms with E-state index in [4.69, 9.17) is 5.73 Å². The number of aromatic nitrogens is 1. The minimum atomic E-state index is 0.708. The normalized spacial score (nSPS) is 26.8. The number of hydrogen-bond donors (Lipinski definition) is 1. The van der Waals surface area contributed by atoms with Gasteiger partial charge in [0.15, 0.2) is 5.13 Å². The lowest BCUT2D eigenvalue weighted by atomic mass is 9.91. The monoisotopic (exact) mass is 242 g/mol. The van der Waals surface area contributed by atoms with E-state index in [2.05, 4.69) is 18.8 Å². The van der Waals surface area contributed by atoms with Crippen molar-refractivity contribution in [1.82, 2.24) is 4.98 Å². The van der Waals surface area contributed by atoms with E-state index < -0.39 is 0 Å². The van der Waals surface area contributed by atoms with Crippen LogP contribution in [0.15, 0.2) is 4.21 Å². The average molecular weight is 242 g/mol. The van der Waals surface area contributed by atoms with Crippen LogP contribution in [0.25, 0.3) is 0 Å². The average Bonchev–Trinajstić information content (AvgIpc) is 2.49. The first-order valence-electron chi connectivity index (χ1n) is 5.54. The molecule has 0 atom stereocenters. The standard InChI is InChI=1S/C11H18N2S2/c1-7-3-5-9(6-4-7)14-10-8(2)13-11(12)15-10/h7,9H,3-6H2,1-2H3,(H2,12,13). The zero-order chi connectivity index (χ0) is 10.8. The van der Waals surface area contributed by atoms with Crippen LogP contribution in [-0.2, 0) is 0 Å². The maximum absolute atomic E-state index is 5.70. The van der Waals surface area contributed by atoms with Crippen LogP contribution in [0.3, 0.4) is 0 Å². The van der Waals surface area contributed by atoms with Gasteiger partial charge < -0.3 is 5.73 Å². The zero-order valence-electron chi connectivity index (χ0n) is 9.32. The van der Waals surface area contributed by atoms with Crippen LogP contribution < -0.4 is 5.73 Å². The molecule has 0 aromatic carbocycles. The van der Waals surface area contributed by atoms with Gasteiger partial charge in [0.25, 0.3) is 0 Å². The summed E-state index contributed by atoms with van der Waals surface area (Å²) in [6.07, 6.45) is 5.46. The zero-order valence-corrected chi connectivity index (χ0v) is 11.0. The molecule has 2 N–H and O–H groups in total. The van der Waals surface area contributed by atoms with Gasteiger partial charge in [-0.1, -0.05) is 18.3 Å². The van der Waals surface area contributed by atoms with Crippen LogP contribution >= 0.6 is 23.1 Å². The number of thioether (sulfide) groups is 1. The van der Waals surface area contributed by atoms with Gasteiger partial charge in [-0.05, 0) is 38.5 Å². The fraction of sp³-hybridized carbons (Fsp3) is 0.727. The third kappa shape index (κ3) is 2.88. The van der Waals surface area contributed by atoms with Crippen LogP contribution in [-0.4, -0.2) is 10.2 Å². The predicted molar refractivity (Wildman–Crippen MR) is 68.5 cm³/mol. The Bertz CT molecular complexity index is 327. The summed E-state index contributed by atoms with van der Waals surface area (Å²) in [7, 11) is 0. The predicted octanol–water partition coefficient (Wildman–Crippen LogP) is 3.70. The largest absolute Gasteiger partial charge is 0.375 e. The molecule has 0 bridgehead atoms. The summed E-state index contributed by atoms with van der Waals surface area (Å²) in [5, 5.41) is 1.50. The molecule has 0 radical (unpaired) electrons. The van der Waals surface area contributed by atoms with Crippen LogP contribution in [0, 0.1) is 12.8 Å². The van der Waals surface area contributed by atoms with Gasteiger partial charge in [0, 0.05) is 5.25 Å². The molecule has 1 fully saturated rings. The van der Waals surface area contributed by atoms with Crippen molar-refractivity contribution in [2.24, 2.45) is 5.92 Å². The minimum Gasteiger partial charge on any atom is -0.375 e. The Balaban J connectivity index is 1.94. The minimum absolute atomic E-state index is 0.708. The molecular weight excluding hydrogens is 224 g/mol. The molecule has 1 aromatic heterocycles. The number of nitrogens with zero attached hydrogens (tertiary/aromatic N) is 1. The molecular formula is C11H18N2S2. The van der Waals surface area contributed by atoms with Crippen molar-refractivity contribution in [3.05, 3.63) is 5.69 Å². The fourth-order valence-electron chi connectivity index (χ4n) is 2.01. The van der Waals surface area contributed by atoms with Gasteiger partial charge in [-0.15, -0.1) is 11.8 Å². The molecule has 4 heteroatoms. The Kier molecular flexibility index (Phi) is 3.57. The first-order valence-corrected chi connectivity index (χ1v) is 7.24. The molecule has 0 saturated heterocycles. The lowest BCUT2D eigenvalue weighted by Crippen LogP contribution is -2.13. The van der Waals surface area contributed by atoms with E-state index >= 15 is 0 Å². The Morgan fingerprint density at radius 1 is 1.33 bits per heavy atom. The SMILES string of the molecule is Cc1nc(N)sc1SC1CCC(C)CC1. The maximum Gasteiger partial charge on any atom is 0.181 e. The van der Waals surface area contributed by atoms with Crippen LogP contribution in [0.1, 0.15) is 38.3 Å². The molecule has 0 spiro atoms. The Morgan fingerprint density at radius 2 is 2.00 bits per heavy atom. The molecule has 84 valence electrons. The highest BCUT2D eigenvalue weighted by Crippen LogP contribution is 2.39. The third-order valence-electron chi connectivity index (χ3n) is 3.01. The maximum atomic E-state index is 5.70. The summed E-state index contributed by atoms with van der Waals surface area (Å²) in [6.45, 7) is 4.41. The van der Waals surface area contributed by atoms with Crippen molar-refractivity contribution < 1.29 is 0 Å². The number of rotatable bonds is 2. The van der Waals surface area contributed by atoms with Crippen molar-refractivity contribution >= 4 is 28.2 Å². The number of aryl methyl sites for hydroxylation is 1. The molecule has 15 heavy (non-hydrogen) atoms. The van der Waals surface area contributed by atoms with Crippen LogP contribution in [0.4, 0.5) is 5.13 Å². The fourth-order valence-corrected chi connectivity index (χ4v) is 4.46. The number of nitrogen functional groups attached to an aromatic ring is 1. The quantitative estimate of drug-likeness (QED) is 0.859. The summed E-state index contributed by atoms with van der Waals surface area (Å²) in [5.41, 5.74) is 6.81. The lowest BCUT2D eigenvalue weighted by Gasteiger charge is -2.25. The van der Waals surface area contributed by atoms with Crippen LogP contribution in [0.2, 0.25) is 0 Å². The first kappa shape index (κ1) is 11.3. The number of hydrogen-bond acceptors (Lipinski definition) is 4. The third-order valence-corrected chi connectivity index (χ3v) is 5.64. The lowest BCUT2D eigenvalue weighted by molar-refractivity contribution is 0.393. The smallest absolute Gasteiger partial charge is 0.181 e. The van der Waals surface area contributed by atoms with Crippen molar-refractivity contribution in [2.45, 2.75) is 49.0 Å². The van der Waals surface area contributed by atoms with Crippen molar-refractivity contribution in [1.29, 1.82) is 0 Å². The highest BCUT2D eigenvalue weighted by molar-refractivity contribution is 8.01. The summed E-state index contributed by atoms with van der Waals surface area (Å²) < 4.78 is 1.33. The second kappa shape index (κ2) is 4.74. The summed E-state index contributed by atoms with van der Waals surface area (Å²) in [4.78, 5) is 4.27. The summed E-state index contributed by atoms with van der Waals surface area (Å²) in [6, 6.07) is 0. The molecule has 1 heterocycles. The number of nitrogens with two attached hydrogens (primary N) is 1. The van der Waals surface area contributed by atoms with Crippen molar-refractivity contribution in [2.75, 3.05) is 5.73 Å². The Morgan fingerprint density at radius 3 is 2.53 bits per heavy atom. The van der Waals surface area contributed by atoms with Gasteiger partial charge in [-0.3, -0.25) is 0 Å². The van der Waals surface area contributed by atoms with E-state index in [1.54, 1.807) is 11.3 Å². The van der Waals surface area contributed by atoms with Crippen LogP contribution in [0.5, 0.6) is 0 Å². The van der Waals surface area contributed by atoms with Gasteiger partial charge in [-0.25, -0.2) is 4.98 Å². The van der Waals surface area contributed by atoms with E-state index in [0.29, 0.717) is 5.13 Å². The van der Waals surface area contributed by atoms with Gasteiger partial charge in [-0.2, -0.15) is 0 Å². The number of anilines is 1. The first-order chi connectivity index (χ1) is 7.15. The molecule has 1 aliphatic carbocycles. The highest BCUT2D eigenvalue weighted by atomic mass is 32.2. The van der Waals surface area contributed by atoms with Gasteiger partial charge in [0.1, 0.15) is 0 Å². The molecule has 0 aliphatic heterocycles. The molecule has 1 aliphatic rings. The van der Waals surface area contributed by atoms with E-state index in [1.165, 1.54) is 29.9 Å². The van der Waals surface area contributed by atoms with E-state index in [9.17, 15) is 0 Å². The highest BCUT2D eigenvalue weighted by Gasteiger charge is 2.20.